The van der Waals surface area contributed by atoms with Crippen LogP contribution in [-0.4, -0.2) is 74.0 Å². The molecule has 159 valence electrons. The van der Waals surface area contributed by atoms with E-state index < -0.39 is 11.7 Å². The molecule has 1 aliphatic rings. The number of nitrogens with zero attached hydrogens (tertiary/aromatic N) is 3. The molecule has 0 saturated carbocycles. The number of nitrogens with one attached hydrogen (secondary N) is 1. The van der Waals surface area contributed by atoms with Crippen molar-refractivity contribution in [2.24, 2.45) is 5.92 Å². The number of carbonyl (C=O) groups excluding carboxylic acids is 2. The number of ether oxygens (including phenoxy) is 1. The first-order valence-corrected chi connectivity index (χ1v) is 10.9. The van der Waals surface area contributed by atoms with Gasteiger partial charge in [0.1, 0.15) is 5.60 Å². The largest absolute Gasteiger partial charge is 0.444 e. The number of rotatable bonds is 7. The third-order valence-corrected chi connectivity index (χ3v) is 5.12. The van der Waals surface area contributed by atoms with E-state index in [1.54, 1.807) is 0 Å². The summed E-state index contributed by atoms with van der Waals surface area (Å²) in [6, 6.07) is 4.06. The Bertz CT molecular complexity index is 634. The lowest BCUT2D eigenvalue weighted by Crippen LogP contribution is -2.44. The van der Waals surface area contributed by atoms with Crippen LogP contribution in [-0.2, 0) is 9.53 Å². The van der Waals surface area contributed by atoms with Crippen LogP contribution in [0.5, 0.6) is 0 Å². The summed E-state index contributed by atoms with van der Waals surface area (Å²) in [6.45, 7) is 8.99. The molecule has 7 nitrogen and oxygen atoms in total. The molecule has 0 aromatic carbocycles. The number of alkyl halides is 1. The van der Waals surface area contributed by atoms with Crippen molar-refractivity contribution in [1.29, 1.82) is 0 Å². The van der Waals surface area contributed by atoms with Crippen LogP contribution in [0.2, 0.25) is 0 Å². The molecule has 2 rings (SSSR count). The molecule has 29 heavy (non-hydrogen) atoms. The molecule has 0 unspecified atom stereocenters. The fourth-order valence-corrected chi connectivity index (χ4v) is 3.60. The molecule has 1 aliphatic heterocycles. The minimum Gasteiger partial charge on any atom is -0.444 e. The monoisotopic (exact) mass is 465 g/mol. The lowest BCUT2D eigenvalue weighted by atomic mass is 9.95. The zero-order valence-electron chi connectivity index (χ0n) is 17.6. The van der Waals surface area contributed by atoms with Crippen LogP contribution in [0.25, 0.3) is 0 Å². The van der Waals surface area contributed by atoms with E-state index in [2.05, 4.69) is 31.1 Å². The number of piperidine rings is 1. The molecule has 1 aromatic heterocycles. The van der Waals surface area contributed by atoms with Crippen molar-refractivity contribution in [2.45, 2.75) is 39.2 Å². The number of anilines is 1. The molecule has 2 heterocycles. The fourth-order valence-electron chi connectivity index (χ4n) is 3.25. The summed E-state index contributed by atoms with van der Waals surface area (Å²) in [5.41, 5.74) is 0.668. The quantitative estimate of drug-likeness (QED) is 0.494. The van der Waals surface area contributed by atoms with E-state index in [0.717, 1.165) is 25.9 Å². The maximum absolute atomic E-state index is 12.3. The molecular weight excluding hydrogens is 435 g/mol. The normalized spacial score (nSPS) is 14.7. The number of hydrogen-bond donors (Lipinski definition) is 1. The van der Waals surface area contributed by atoms with Crippen molar-refractivity contribution in [2.75, 3.05) is 43.0 Å². The zero-order valence-corrected chi connectivity index (χ0v) is 19.2. The van der Waals surface area contributed by atoms with Crippen molar-refractivity contribution < 1.29 is 14.3 Å². The fraction of sp³-hybridized carbons (Fsp3) is 0.650. The van der Waals surface area contributed by atoms with Crippen LogP contribution in [0.3, 0.4) is 0 Å². The number of pyridine rings is 1. The highest BCUT2D eigenvalue weighted by Crippen LogP contribution is 2.23. The Balaban J connectivity index is 0.00000420. The zero-order chi connectivity index (χ0) is 20.6. The average molecular weight is 466 g/mol. The summed E-state index contributed by atoms with van der Waals surface area (Å²) in [5, 5.41) is 3.02. The molecule has 9 heteroatoms. The SMILES string of the molecule is CC(C)(C)OC(=O)NCCN(CC1CCN(c2ccncc2)CC1)C(=O)CBr.[B]. The summed E-state index contributed by atoms with van der Waals surface area (Å²) in [4.78, 5) is 32.3. The predicted molar refractivity (Wildman–Crippen MR) is 120 cm³/mol. The Hall–Kier alpha value is -1.77. The molecular formula is C20H31BBrN4O3. The Labute approximate surface area is 184 Å². The second kappa shape index (κ2) is 12.0. The minimum absolute atomic E-state index is 0. The van der Waals surface area contributed by atoms with Crippen LogP contribution in [0.15, 0.2) is 24.5 Å². The van der Waals surface area contributed by atoms with Gasteiger partial charge in [-0.15, -0.1) is 0 Å². The minimum atomic E-state index is -0.530. The van der Waals surface area contributed by atoms with Crippen LogP contribution >= 0.6 is 15.9 Å². The lowest BCUT2D eigenvalue weighted by Gasteiger charge is -2.36. The standard InChI is InChI=1S/C20H31BrN4O3.B/c1-20(2,3)28-19(27)23-10-13-25(18(26)14-21)15-16-6-11-24(12-7-16)17-4-8-22-9-5-17;/h4-5,8-9,16H,6-7,10-15H2,1-3H3,(H,23,27);. The summed E-state index contributed by atoms with van der Waals surface area (Å²) in [6.07, 6.45) is 5.25. The van der Waals surface area contributed by atoms with Gasteiger partial charge in [0.25, 0.3) is 0 Å². The molecule has 0 bridgehead atoms. The summed E-state index contributed by atoms with van der Waals surface area (Å²) in [7, 11) is 0. The first kappa shape index (κ1) is 25.3. The second-order valence-electron chi connectivity index (χ2n) is 8.04. The number of amides is 2. The first-order chi connectivity index (χ1) is 13.3. The highest BCUT2D eigenvalue weighted by atomic mass is 79.9. The van der Waals surface area contributed by atoms with Crippen molar-refractivity contribution in [1.82, 2.24) is 15.2 Å². The third-order valence-electron chi connectivity index (χ3n) is 4.64. The number of aromatic nitrogens is 1. The van der Waals surface area contributed by atoms with Gasteiger partial charge in [0.2, 0.25) is 5.91 Å². The molecule has 0 spiro atoms. The van der Waals surface area contributed by atoms with E-state index in [1.807, 2.05) is 50.2 Å². The third kappa shape index (κ3) is 9.06. The topological polar surface area (TPSA) is 74.8 Å². The Morgan fingerprint density at radius 3 is 2.45 bits per heavy atom. The average Bonchev–Trinajstić information content (AvgIpc) is 2.66. The van der Waals surface area contributed by atoms with Gasteiger partial charge in [-0.2, -0.15) is 0 Å². The van der Waals surface area contributed by atoms with Gasteiger partial charge in [-0.3, -0.25) is 9.78 Å². The molecule has 0 aliphatic carbocycles. The number of alkyl carbamates (subject to hydrolysis) is 1. The van der Waals surface area contributed by atoms with Gasteiger partial charge in [0, 0.05) is 59.2 Å². The number of halogens is 1. The summed E-state index contributed by atoms with van der Waals surface area (Å²) < 4.78 is 5.24. The molecule has 1 aromatic rings. The molecule has 1 fully saturated rings. The highest BCUT2D eigenvalue weighted by Gasteiger charge is 2.24. The van der Waals surface area contributed by atoms with Crippen LogP contribution in [0.1, 0.15) is 33.6 Å². The van der Waals surface area contributed by atoms with Gasteiger partial charge >= 0.3 is 6.09 Å². The number of carbonyl (C=O) groups is 2. The van der Waals surface area contributed by atoms with Gasteiger partial charge in [-0.1, -0.05) is 15.9 Å². The Kier molecular flexibility index (Phi) is 10.5. The molecule has 3 radical (unpaired) electrons. The molecule has 1 saturated heterocycles. The van der Waals surface area contributed by atoms with Crippen molar-refractivity contribution in [3.05, 3.63) is 24.5 Å². The maximum atomic E-state index is 12.3. The van der Waals surface area contributed by atoms with E-state index in [9.17, 15) is 9.59 Å². The Morgan fingerprint density at radius 1 is 1.28 bits per heavy atom. The highest BCUT2D eigenvalue weighted by molar-refractivity contribution is 9.09. The summed E-state index contributed by atoms with van der Waals surface area (Å²) in [5.74, 6) is 0.505. The van der Waals surface area contributed by atoms with E-state index in [1.165, 1.54) is 5.69 Å². The molecule has 0 atom stereocenters. The van der Waals surface area contributed by atoms with E-state index in [4.69, 9.17) is 4.74 Å². The Morgan fingerprint density at radius 2 is 1.90 bits per heavy atom. The summed E-state index contributed by atoms with van der Waals surface area (Å²) >= 11 is 3.26. The van der Waals surface area contributed by atoms with E-state index in [-0.39, 0.29) is 19.7 Å². The van der Waals surface area contributed by atoms with Gasteiger partial charge in [0.05, 0.1) is 5.33 Å². The molecule has 1 N–H and O–H groups in total. The van der Waals surface area contributed by atoms with Crippen LogP contribution in [0.4, 0.5) is 10.5 Å². The van der Waals surface area contributed by atoms with Crippen LogP contribution in [0, 0.1) is 5.92 Å². The van der Waals surface area contributed by atoms with Gasteiger partial charge in [-0.05, 0) is 51.7 Å². The van der Waals surface area contributed by atoms with Crippen molar-refractivity contribution in [3.8, 4) is 0 Å². The van der Waals surface area contributed by atoms with E-state index in [0.29, 0.717) is 25.6 Å². The molecule has 2 amide bonds. The van der Waals surface area contributed by atoms with Gasteiger partial charge in [0.15, 0.2) is 0 Å². The van der Waals surface area contributed by atoms with Gasteiger partial charge < -0.3 is 19.9 Å². The van der Waals surface area contributed by atoms with Crippen molar-refractivity contribution >= 4 is 42.0 Å². The lowest BCUT2D eigenvalue weighted by molar-refractivity contribution is -0.129. The van der Waals surface area contributed by atoms with Crippen molar-refractivity contribution in [3.63, 3.8) is 0 Å². The van der Waals surface area contributed by atoms with E-state index >= 15 is 0 Å². The van der Waals surface area contributed by atoms with Crippen LogP contribution < -0.4 is 10.2 Å². The van der Waals surface area contributed by atoms with Gasteiger partial charge in [-0.25, -0.2) is 4.79 Å². The second-order valence-corrected chi connectivity index (χ2v) is 8.60. The predicted octanol–water partition coefficient (Wildman–Crippen LogP) is 2.67. The maximum Gasteiger partial charge on any atom is 0.407 e. The number of hydrogen-bond acceptors (Lipinski definition) is 5. The smallest absolute Gasteiger partial charge is 0.407 e. The first-order valence-electron chi connectivity index (χ1n) is 9.74.